The molecule has 4 aromatic carbocycles. The Balaban J connectivity index is 1.08. The molecule has 0 atom stereocenters. The standard InChI is InChI=1S/C36H40N6/c37-21-9-10-24-42(25-11-22-38-35-27-13-1-5-17-31(27)40-32-18-6-2-14-28(32)35)26-12-23-39-36-29-15-3-7-19-33(29)41-34-20-8-4-16-30(34)36/h1-8,13-20H,9-12,21-26,37H2,(H,38,40)(H,39,41). The van der Waals surface area contributed by atoms with Crippen LogP contribution in [0, 0.1) is 0 Å². The highest BCUT2D eigenvalue weighted by atomic mass is 15.1. The van der Waals surface area contributed by atoms with E-state index in [1.54, 1.807) is 0 Å². The smallest absolute Gasteiger partial charge is 0.0730 e. The average molecular weight is 557 g/mol. The summed E-state index contributed by atoms with van der Waals surface area (Å²) < 4.78 is 0. The first-order chi connectivity index (χ1) is 20.8. The zero-order valence-corrected chi connectivity index (χ0v) is 24.2. The maximum absolute atomic E-state index is 5.82. The van der Waals surface area contributed by atoms with Gasteiger partial charge in [0.1, 0.15) is 0 Å². The van der Waals surface area contributed by atoms with E-state index in [4.69, 9.17) is 15.7 Å². The van der Waals surface area contributed by atoms with Crippen LogP contribution in [0.4, 0.5) is 11.4 Å². The Kier molecular flexibility index (Phi) is 9.03. The minimum absolute atomic E-state index is 0.751. The summed E-state index contributed by atoms with van der Waals surface area (Å²) in [6, 6.07) is 33.6. The van der Waals surface area contributed by atoms with Crippen LogP contribution in [0.2, 0.25) is 0 Å². The number of hydrogen-bond donors (Lipinski definition) is 3. The second-order valence-electron chi connectivity index (χ2n) is 10.9. The summed E-state index contributed by atoms with van der Waals surface area (Å²) in [4.78, 5) is 12.3. The lowest BCUT2D eigenvalue weighted by atomic mass is 10.1. The molecule has 0 aliphatic heterocycles. The third-order valence-corrected chi connectivity index (χ3v) is 8.01. The van der Waals surface area contributed by atoms with Gasteiger partial charge < -0.3 is 21.3 Å². The number of nitrogens with two attached hydrogens (primary N) is 1. The Morgan fingerprint density at radius 1 is 0.476 bits per heavy atom. The maximum Gasteiger partial charge on any atom is 0.0730 e. The molecule has 4 N–H and O–H groups in total. The van der Waals surface area contributed by atoms with Gasteiger partial charge in [0.25, 0.3) is 0 Å². The topological polar surface area (TPSA) is 79.1 Å². The number of nitrogens with zero attached hydrogens (tertiary/aromatic N) is 3. The summed E-state index contributed by atoms with van der Waals surface area (Å²) >= 11 is 0. The van der Waals surface area contributed by atoms with Crippen LogP contribution in [-0.4, -0.2) is 54.1 Å². The number of para-hydroxylation sites is 4. The van der Waals surface area contributed by atoms with E-state index >= 15 is 0 Å². The van der Waals surface area contributed by atoms with Gasteiger partial charge in [-0.25, -0.2) is 9.97 Å². The van der Waals surface area contributed by atoms with E-state index in [1.165, 1.54) is 32.9 Å². The molecule has 0 radical (unpaired) electrons. The Labute approximate surface area is 248 Å². The van der Waals surface area contributed by atoms with Gasteiger partial charge in [0, 0.05) is 34.6 Å². The highest BCUT2D eigenvalue weighted by Crippen LogP contribution is 2.31. The Bertz CT molecular complexity index is 1550. The predicted octanol–water partition coefficient (Wildman–Crippen LogP) is 7.43. The molecule has 42 heavy (non-hydrogen) atoms. The van der Waals surface area contributed by atoms with Gasteiger partial charge in [-0.3, -0.25) is 0 Å². The van der Waals surface area contributed by atoms with Gasteiger partial charge in [-0.15, -0.1) is 0 Å². The van der Waals surface area contributed by atoms with Crippen molar-refractivity contribution < 1.29 is 0 Å². The number of unbranched alkanes of at least 4 members (excludes halogenated alkanes) is 1. The van der Waals surface area contributed by atoms with Crippen molar-refractivity contribution in [3.05, 3.63) is 97.1 Å². The number of aromatic nitrogens is 2. The van der Waals surface area contributed by atoms with E-state index in [0.717, 1.165) is 87.0 Å². The number of hydrogen-bond acceptors (Lipinski definition) is 6. The molecule has 6 heteroatoms. The van der Waals surface area contributed by atoms with Crippen LogP contribution in [0.3, 0.4) is 0 Å². The number of fused-ring (bicyclic) bond motifs is 4. The second kappa shape index (κ2) is 13.6. The van der Waals surface area contributed by atoms with E-state index in [2.05, 4.69) is 113 Å². The lowest BCUT2D eigenvalue weighted by molar-refractivity contribution is 0.267. The monoisotopic (exact) mass is 556 g/mol. The van der Waals surface area contributed by atoms with Gasteiger partial charge in [0.2, 0.25) is 0 Å². The van der Waals surface area contributed by atoms with E-state index in [0.29, 0.717) is 0 Å². The van der Waals surface area contributed by atoms with Gasteiger partial charge in [-0.1, -0.05) is 72.8 Å². The fourth-order valence-corrected chi connectivity index (χ4v) is 5.91. The third kappa shape index (κ3) is 6.30. The second-order valence-corrected chi connectivity index (χ2v) is 10.9. The van der Waals surface area contributed by atoms with Crippen molar-refractivity contribution in [3.8, 4) is 0 Å². The molecule has 2 heterocycles. The van der Waals surface area contributed by atoms with Gasteiger partial charge in [0.05, 0.1) is 33.4 Å². The zero-order valence-electron chi connectivity index (χ0n) is 24.2. The van der Waals surface area contributed by atoms with E-state index in [1.807, 2.05) is 0 Å². The highest BCUT2D eigenvalue weighted by molar-refractivity contribution is 6.08. The largest absolute Gasteiger partial charge is 0.384 e. The Morgan fingerprint density at radius 2 is 0.833 bits per heavy atom. The lowest BCUT2D eigenvalue weighted by Gasteiger charge is -2.23. The summed E-state index contributed by atoms with van der Waals surface area (Å²) in [5, 5.41) is 12.3. The fourth-order valence-electron chi connectivity index (χ4n) is 5.91. The van der Waals surface area contributed by atoms with Crippen molar-refractivity contribution >= 4 is 55.0 Å². The van der Waals surface area contributed by atoms with Gasteiger partial charge in [-0.2, -0.15) is 0 Å². The van der Waals surface area contributed by atoms with Crippen molar-refractivity contribution in [2.75, 3.05) is 49.9 Å². The average Bonchev–Trinajstić information content (AvgIpc) is 3.03. The quantitative estimate of drug-likeness (QED) is 0.0956. The number of anilines is 2. The molecule has 0 saturated heterocycles. The minimum atomic E-state index is 0.751. The molecule has 0 bridgehead atoms. The van der Waals surface area contributed by atoms with Gasteiger partial charge in [0.15, 0.2) is 0 Å². The van der Waals surface area contributed by atoms with E-state index in [-0.39, 0.29) is 0 Å². The van der Waals surface area contributed by atoms with Crippen LogP contribution < -0.4 is 16.4 Å². The van der Waals surface area contributed by atoms with Gasteiger partial charge in [-0.05, 0) is 76.1 Å². The first-order valence-corrected chi connectivity index (χ1v) is 15.3. The third-order valence-electron chi connectivity index (χ3n) is 8.01. The molecule has 0 amide bonds. The van der Waals surface area contributed by atoms with Gasteiger partial charge >= 0.3 is 0 Å². The molecule has 0 fully saturated rings. The number of benzene rings is 4. The lowest BCUT2D eigenvalue weighted by Crippen LogP contribution is -2.30. The number of rotatable bonds is 14. The molecule has 0 spiro atoms. The Hall–Kier alpha value is -4.26. The van der Waals surface area contributed by atoms with Crippen LogP contribution in [0.1, 0.15) is 25.7 Å². The maximum atomic E-state index is 5.82. The summed E-state index contributed by atoms with van der Waals surface area (Å²) in [6.45, 7) is 5.78. The first kappa shape index (κ1) is 27.9. The van der Waals surface area contributed by atoms with Crippen molar-refractivity contribution in [3.63, 3.8) is 0 Å². The molecule has 0 aliphatic rings. The SMILES string of the molecule is NCCCCN(CCCNc1c2ccccc2nc2ccccc12)CCCNc1c2ccccc2nc2ccccc12. The number of nitrogens with one attached hydrogen (secondary N) is 2. The first-order valence-electron chi connectivity index (χ1n) is 15.3. The van der Waals surface area contributed by atoms with Crippen molar-refractivity contribution in [2.24, 2.45) is 5.73 Å². The summed E-state index contributed by atoms with van der Waals surface area (Å²) in [5.74, 6) is 0. The van der Waals surface area contributed by atoms with Crippen LogP contribution in [0.25, 0.3) is 43.6 Å². The molecule has 6 aromatic rings. The van der Waals surface area contributed by atoms with Crippen LogP contribution >= 0.6 is 0 Å². The van der Waals surface area contributed by atoms with E-state index in [9.17, 15) is 0 Å². The zero-order chi connectivity index (χ0) is 28.6. The normalized spacial score (nSPS) is 11.7. The molecule has 214 valence electrons. The summed E-state index contributed by atoms with van der Waals surface area (Å²) in [6.07, 6.45) is 4.34. The molecule has 6 nitrogen and oxygen atoms in total. The summed E-state index contributed by atoms with van der Waals surface area (Å²) in [7, 11) is 0. The molecule has 0 saturated carbocycles. The van der Waals surface area contributed by atoms with Crippen LogP contribution in [-0.2, 0) is 0 Å². The van der Waals surface area contributed by atoms with Crippen LogP contribution in [0.5, 0.6) is 0 Å². The number of pyridine rings is 2. The van der Waals surface area contributed by atoms with Crippen molar-refractivity contribution in [1.82, 2.24) is 14.9 Å². The molecule has 0 aliphatic carbocycles. The molecule has 0 unspecified atom stereocenters. The van der Waals surface area contributed by atoms with E-state index < -0.39 is 0 Å². The molecule has 2 aromatic heterocycles. The summed E-state index contributed by atoms with van der Waals surface area (Å²) in [5.41, 5.74) is 12.3. The fraction of sp³-hybridized carbons (Fsp3) is 0.278. The molecular weight excluding hydrogens is 516 g/mol. The Morgan fingerprint density at radius 3 is 1.21 bits per heavy atom. The molecule has 6 rings (SSSR count). The van der Waals surface area contributed by atoms with Crippen LogP contribution in [0.15, 0.2) is 97.1 Å². The van der Waals surface area contributed by atoms with Crippen molar-refractivity contribution in [2.45, 2.75) is 25.7 Å². The minimum Gasteiger partial charge on any atom is -0.384 e. The van der Waals surface area contributed by atoms with Crippen molar-refractivity contribution in [1.29, 1.82) is 0 Å². The molecular formula is C36H40N6. The predicted molar refractivity (Wildman–Crippen MR) is 179 cm³/mol. The highest BCUT2D eigenvalue weighted by Gasteiger charge is 2.11.